The van der Waals surface area contributed by atoms with Crippen LogP contribution >= 0.6 is 11.8 Å². The number of esters is 1. The van der Waals surface area contributed by atoms with Gasteiger partial charge in [0.05, 0.1) is 13.0 Å². The summed E-state index contributed by atoms with van der Waals surface area (Å²) in [6, 6.07) is 26.4. The number of ether oxygens (including phenoxy) is 2. The Hall–Kier alpha value is -3.78. The molecule has 0 bridgehead atoms. The molecule has 8 heteroatoms. The van der Waals surface area contributed by atoms with Crippen molar-refractivity contribution in [2.45, 2.75) is 36.9 Å². The molecule has 2 amide bonds. The van der Waals surface area contributed by atoms with E-state index in [2.05, 4.69) is 5.32 Å². The van der Waals surface area contributed by atoms with Crippen molar-refractivity contribution in [2.75, 3.05) is 13.0 Å². The Kier molecular flexibility index (Phi) is 10.4. The third-order valence-electron chi connectivity index (χ3n) is 5.49. The highest BCUT2D eigenvalue weighted by atomic mass is 32.2. The summed E-state index contributed by atoms with van der Waals surface area (Å²) >= 11 is 1.42. The zero-order valence-corrected chi connectivity index (χ0v) is 21.1. The molecule has 3 aromatic rings. The van der Waals surface area contributed by atoms with Crippen LogP contribution in [0.4, 0.5) is 4.79 Å². The quantitative estimate of drug-likeness (QED) is 0.231. The van der Waals surface area contributed by atoms with Gasteiger partial charge in [0.2, 0.25) is 5.91 Å². The van der Waals surface area contributed by atoms with Gasteiger partial charge in [-0.15, -0.1) is 11.8 Å². The molecule has 188 valence electrons. The van der Waals surface area contributed by atoms with E-state index in [9.17, 15) is 14.4 Å². The fraction of sp³-hybridized carbons (Fsp3) is 0.250. The standard InChI is InChI=1S/C28H30N2O5S/c1-21(27(32)34-2)30(20-36-24-16-10-5-11-17-24)26(31)25(18-22-12-6-3-7-13-22)29-28(33)35-19-23-14-8-4-9-15-23/h3-17,21,25H,18-20H2,1-2H3,(H,29,33)/t21-,25-/m0/s1. The Morgan fingerprint density at radius 1 is 0.861 bits per heavy atom. The van der Waals surface area contributed by atoms with Gasteiger partial charge in [-0.2, -0.15) is 0 Å². The normalized spacial score (nSPS) is 12.2. The highest BCUT2D eigenvalue weighted by Crippen LogP contribution is 2.21. The molecule has 0 aliphatic rings. The van der Waals surface area contributed by atoms with Gasteiger partial charge >= 0.3 is 12.1 Å². The molecule has 0 aromatic heterocycles. The number of methoxy groups -OCH3 is 1. The average Bonchev–Trinajstić information content (AvgIpc) is 2.92. The Labute approximate surface area is 215 Å². The number of benzene rings is 3. The Bertz CT molecular complexity index is 1110. The maximum absolute atomic E-state index is 13.8. The molecule has 0 aliphatic carbocycles. The van der Waals surface area contributed by atoms with Gasteiger partial charge in [-0.1, -0.05) is 78.9 Å². The van der Waals surface area contributed by atoms with Crippen LogP contribution < -0.4 is 5.32 Å². The molecule has 0 fully saturated rings. The molecule has 0 heterocycles. The minimum Gasteiger partial charge on any atom is -0.467 e. The van der Waals surface area contributed by atoms with Crippen LogP contribution in [0, 0.1) is 0 Å². The summed E-state index contributed by atoms with van der Waals surface area (Å²) < 4.78 is 10.3. The second kappa shape index (κ2) is 13.9. The fourth-order valence-corrected chi connectivity index (χ4v) is 4.47. The van der Waals surface area contributed by atoms with Crippen LogP contribution in [0.1, 0.15) is 18.1 Å². The first-order valence-corrected chi connectivity index (χ1v) is 12.5. The maximum atomic E-state index is 13.8. The van der Waals surface area contributed by atoms with Crippen LogP contribution in [0.5, 0.6) is 0 Å². The van der Waals surface area contributed by atoms with Gasteiger partial charge in [-0.05, 0) is 30.2 Å². The van der Waals surface area contributed by atoms with E-state index in [1.165, 1.54) is 23.8 Å². The van der Waals surface area contributed by atoms with E-state index in [1.807, 2.05) is 91.0 Å². The van der Waals surface area contributed by atoms with Gasteiger partial charge in [0.15, 0.2) is 0 Å². The Morgan fingerprint density at radius 3 is 2.00 bits per heavy atom. The Balaban J connectivity index is 1.78. The van der Waals surface area contributed by atoms with E-state index in [-0.39, 0.29) is 18.9 Å². The molecule has 0 unspecified atom stereocenters. The number of carbonyl (C=O) groups excluding carboxylic acids is 3. The van der Waals surface area contributed by atoms with Gasteiger partial charge in [-0.25, -0.2) is 9.59 Å². The number of nitrogens with one attached hydrogen (secondary N) is 1. The van der Waals surface area contributed by atoms with Crippen molar-refractivity contribution in [1.29, 1.82) is 0 Å². The first-order chi connectivity index (χ1) is 17.5. The first-order valence-electron chi connectivity index (χ1n) is 11.5. The molecule has 3 rings (SSSR count). The number of alkyl carbamates (subject to hydrolysis) is 1. The van der Waals surface area contributed by atoms with Crippen molar-refractivity contribution in [3.8, 4) is 0 Å². The maximum Gasteiger partial charge on any atom is 0.408 e. The zero-order chi connectivity index (χ0) is 25.8. The van der Waals surface area contributed by atoms with E-state index in [0.717, 1.165) is 16.0 Å². The minimum absolute atomic E-state index is 0.0745. The second-order valence-corrected chi connectivity index (χ2v) is 9.06. The van der Waals surface area contributed by atoms with E-state index in [0.29, 0.717) is 0 Å². The molecule has 0 radical (unpaired) electrons. The van der Waals surface area contributed by atoms with Crippen LogP contribution in [-0.4, -0.2) is 47.9 Å². The summed E-state index contributed by atoms with van der Waals surface area (Å²) in [7, 11) is 1.28. The molecule has 2 atom stereocenters. The van der Waals surface area contributed by atoms with E-state index < -0.39 is 30.1 Å². The summed E-state index contributed by atoms with van der Waals surface area (Å²) in [5.41, 5.74) is 1.69. The van der Waals surface area contributed by atoms with Crippen molar-refractivity contribution in [1.82, 2.24) is 10.2 Å². The number of thioether (sulfide) groups is 1. The van der Waals surface area contributed by atoms with Crippen molar-refractivity contribution in [3.63, 3.8) is 0 Å². The van der Waals surface area contributed by atoms with Crippen LogP contribution in [0.15, 0.2) is 95.9 Å². The molecular formula is C28H30N2O5S. The summed E-state index contributed by atoms with van der Waals surface area (Å²) in [6.45, 7) is 1.69. The monoisotopic (exact) mass is 506 g/mol. The third kappa shape index (κ3) is 8.16. The molecule has 0 saturated carbocycles. The van der Waals surface area contributed by atoms with Crippen molar-refractivity contribution < 1.29 is 23.9 Å². The molecule has 36 heavy (non-hydrogen) atoms. The van der Waals surface area contributed by atoms with Crippen LogP contribution in [-0.2, 0) is 32.1 Å². The largest absolute Gasteiger partial charge is 0.467 e. The van der Waals surface area contributed by atoms with Gasteiger partial charge in [0.25, 0.3) is 0 Å². The SMILES string of the molecule is COC(=O)[C@H](C)N(CSc1ccccc1)C(=O)[C@H](Cc1ccccc1)NC(=O)OCc1ccccc1. The smallest absolute Gasteiger partial charge is 0.408 e. The number of nitrogens with zero attached hydrogens (tertiary/aromatic N) is 1. The zero-order valence-electron chi connectivity index (χ0n) is 20.3. The van der Waals surface area contributed by atoms with Crippen molar-refractivity contribution in [3.05, 3.63) is 102 Å². The van der Waals surface area contributed by atoms with Gasteiger partial charge in [0.1, 0.15) is 18.7 Å². The van der Waals surface area contributed by atoms with Crippen LogP contribution in [0.3, 0.4) is 0 Å². The summed E-state index contributed by atoms with van der Waals surface area (Å²) in [5, 5.41) is 2.71. The molecular weight excluding hydrogens is 476 g/mol. The molecule has 0 saturated heterocycles. The second-order valence-electron chi connectivity index (χ2n) is 8.04. The predicted molar refractivity (Wildman–Crippen MR) is 139 cm³/mol. The van der Waals surface area contributed by atoms with E-state index >= 15 is 0 Å². The topological polar surface area (TPSA) is 84.9 Å². The lowest BCUT2D eigenvalue weighted by Crippen LogP contribution is -2.54. The Morgan fingerprint density at radius 2 is 1.42 bits per heavy atom. The van der Waals surface area contributed by atoms with Crippen molar-refractivity contribution in [2.24, 2.45) is 0 Å². The summed E-state index contributed by atoms with van der Waals surface area (Å²) in [5.74, 6) is -0.746. The van der Waals surface area contributed by atoms with Gasteiger partial charge in [0, 0.05) is 11.3 Å². The number of hydrogen-bond donors (Lipinski definition) is 1. The van der Waals surface area contributed by atoms with Gasteiger partial charge < -0.3 is 19.7 Å². The number of carbonyl (C=O) groups is 3. The van der Waals surface area contributed by atoms with Crippen LogP contribution in [0.25, 0.3) is 0 Å². The number of hydrogen-bond acceptors (Lipinski definition) is 6. The lowest BCUT2D eigenvalue weighted by molar-refractivity contribution is -0.151. The molecule has 7 nitrogen and oxygen atoms in total. The van der Waals surface area contributed by atoms with Crippen LogP contribution in [0.2, 0.25) is 0 Å². The highest BCUT2D eigenvalue weighted by Gasteiger charge is 2.33. The minimum atomic E-state index is -0.945. The fourth-order valence-electron chi connectivity index (χ4n) is 3.48. The van der Waals surface area contributed by atoms with E-state index in [1.54, 1.807) is 6.92 Å². The molecule has 0 spiro atoms. The molecule has 0 aliphatic heterocycles. The number of rotatable bonds is 11. The highest BCUT2D eigenvalue weighted by molar-refractivity contribution is 7.99. The number of amides is 2. The van der Waals surface area contributed by atoms with Crippen molar-refractivity contribution >= 4 is 29.7 Å². The average molecular weight is 507 g/mol. The third-order valence-corrected chi connectivity index (χ3v) is 6.50. The van der Waals surface area contributed by atoms with Gasteiger partial charge in [-0.3, -0.25) is 4.79 Å². The lowest BCUT2D eigenvalue weighted by atomic mass is 10.0. The lowest BCUT2D eigenvalue weighted by Gasteiger charge is -2.31. The predicted octanol–water partition coefficient (Wildman–Crippen LogP) is 4.66. The molecule has 1 N–H and O–H groups in total. The first kappa shape index (κ1) is 26.8. The summed E-state index contributed by atoms with van der Waals surface area (Å²) in [4.78, 5) is 41.2. The molecule has 3 aromatic carbocycles. The summed E-state index contributed by atoms with van der Waals surface area (Å²) in [6.07, 6.45) is -0.477. The van der Waals surface area contributed by atoms with E-state index in [4.69, 9.17) is 9.47 Å².